The lowest BCUT2D eigenvalue weighted by Gasteiger charge is -2.29. The maximum Gasteiger partial charge on any atom is 0.268 e. The number of phosphoric ester groups is 1. The number of carbonyl (C=O) groups is 1. The van der Waals surface area contributed by atoms with Crippen molar-refractivity contribution in [2.75, 3.05) is 40.9 Å². The summed E-state index contributed by atoms with van der Waals surface area (Å²) in [6.07, 6.45) is 50.9. The highest BCUT2D eigenvalue weighted by molar-refractivity contribution is 7.45. The number of nitrogens with one attached hydrogen (secondary N) is 1. The second-order valence-corrected chi connectivity index (χ2v) is 19.9. The van der Waals surface area contributed by atoms with Gasteiger partial charge in [-0.1, -0.05) is 212 Å². The molecule has 0 aliphatic rings. The van der Waals surface area contributed by atoms with Crippen LogP contribution in [0.5, 0.6) is 0 Å². The summed E-state index contributed by atoms with van der Waals surface area (Å²) in [4.78, 5) is 25.4. The summed E-state index contributed by atoms with van der Waals surface area (Å²) in [5.41, 5.74) is 0. The van der Waals surface area contributed by atoms with Gasteiger partial charge >= 0.3 is 0 Å². The number of likely N-dealkylation sites (N-methyl/N-ethyl adjacent to an activating group) is 1. The molecular formula is C50H99N2O6P. The molecule has 3 unspecified atom stereocenters. The monoisotopic (exact) mass is 855 g/mol. The van der Waals surface area contributed by atoms with E-state index >= 15 is 0 Å². The number of aliphatic hydroxyl groups excluding tert-OH is 1. The van der Waals surface area contributed by atoms with Crippen molar-refractivity contribution in [2.24, 2.45) is 0 Å². The fourth-order valence-corrected chi connectivity index (χ4v) is 8.11. The molecule has 0 rings (SSSR count). The average Bonchev–Trinajstić information content (AvgIpc) is 3.19. The van der Waals surface area contributed by atoms with Crippen LogP contribution in [0.25, 0.3) is 0 Å². The van der Waals surface area contributed by atoms with Gasteiger partial charge in [-0.25, -0.2) is 0 Å². The summed E-state index contributed by atoms with van der Waals surface area (Å²) >= 11 is 0. The smallest absolute Gasteiger partial charge is 0.268 e. The molecule has 350 valence electrons. The number of rotatable bonds is 46. The molecule has 0 spiro atoms. The zero-order valence-corrected chi connectivity index (χ0v) is 40.6. The molecule has 0 aliphatic carbocycles. The highest BCUT2D eigenvalue weighted by atomic mass is 31.2. The molecule has 0 aromatic carbocycles. The highest BCUT2D eigenvalue weighted by Crippen LogP contribution is 2.38. The van der Waals surface area contributed by atoms with Gasteiger partial charge in [0.2, 0.25) is 5.91 Å². The number of quaternary nitrogens is 1. The minimum atomic E-state index is -4.59. The Morgan fingerprint density at radius 3 is 1.34 bits per heavy atom. The predicted octanol–water partition coefficient (Wildman–Crippen LogP) is 13.8. The van der Waals surface area contributed by atoms with E-state index in [1.807, 2.05) is 27.2 Å². The number of hydrogen-bond donors (Lipinski definition) is 2. The van der Waals surface area contributed by atoms with Gasteiger partial charge in [-0.2, -0.15) is 0 Å². The van der Waals surface area contributed by atoms with Gasteiger partial charge in [-0.05, 0) is 44.9 Å². The molecule has 59 heavy (non-hydrogen) atoms. The van der Waals surface area contributed by atoms with Crippen LogP contribution in [0.3, 0.4) is 0 Å². The van der Waals surface area contributed by atoms with Crippen LogP contribution < -0.4 is 10.2 Å². The second kappa shape index (κ2) is 42.3. The van der Waals surface area contributed by atoms with Crippen LogP contribution in [0.1, 0.15) is 239 Å². The Hall–Kier alpha value is -1.02. The van der Waals surface area contributed by atoms with Crippen LogP contribution in [0.4, 0.5) is 0 Å². The maximum absolute atomic E-state index is 12.9. The minimum Gasteiger partial charge on any atom is -0.756 e. The van der Waals surface area contributed by atoms with Crippen molar-refractivity contribution in [1.82, 2.24) is 5.32 Å². The molecule has 0 aromatic heterocycles. The van der Waals surface area contributed by atoms with Crippen molar-refractivity contribution in [3.8, 4) is 0 Å². The van der Waals surface area contributed by atoms with Gasteiger partial charge in [0.25, 0.3) is 7.82 Å². The van der Waals surface area contributed by atoms with Gasteiger partial charge in [0.05, 0.1) is 39.9 Å². The largest absolute Gasteiger partial charge is 0.756 e. The van der Waals surface area contributed by atoms with Crippen molar-refractivity contribution in [3.05, 3.63) is 24.3 Å². The normalized spacial score (nSPS) is 14.4. The number of amides is 1. The number of nitrogens with zero attached hydrogens (tertiary/aromatic N) is 1. The first-order chi connectivity index (χ1) is 28.5. The molecule has 2 N–H and O–H groups in total. The number of aliphatic hydroxyl groups is 1. The Morgan fingerprint density at radius 2 is 0.932 bits per heavy atom. The minimum absolute atomic E-state index is 0.000518. The Morgan fingerprint density at radius 1 is 0.576 bits per heavy atom. The van der Waals surface area contributed by atoms with E-state index in [2.05, 4.69) is 31.3 Å². The molecule has 0 heterocycles. The predicted molar refractivity (Wildman–Crippen MR) is 252 cm³/mol. The van der Waals surface area contributed by atoms with Crippen LogP contribution in [-0.2, 0) is 18.4 Å². The zero-order valence-electron chi connectivity index (χ0n) is 39.7. The number of carbonyl (C=O) groups excluding carboxylic acids is 1. The van der Waals surface area contributed by atoms with E-state index in [-0.39, 0.29) is 19.1 Å². The molecule has 9 heteroatoms. The lowest BCUT2D eigenvalue weighted by molar-refractivity contribution is -0.870. The Bertz CT molecular complexity index is 1020. The fourth-order valence-electron chi connectivity index (χ4n) is 7.38. The molecule has 0 fully saturated rings. The summed E-state index contributed by atoms with van der Waals surface area (Å²) in [6, 6.07) is -0.886. The molecule has 0 saturated carbocycles. The van der Waals surface area contributed by atoms with Crippen molar-refractivity contribution < 1.29 is 32.9 Å². The highest BCUT2D eigenvalue weighted by Gasteiger charge is 2.23. The van der Waals surface area contributed by atoms with Crippen molar-refractivity contribution in [2.45, 2.75) is 251 Å². The molecule has 3 atom stereocenters. The first-order valence-corrected chi connectivity index (χ1v) is 26.7. The molecule has 0 saturated heterocycles. The standard InChI is InChI=1S/C50H99N2O6P/c1-6-8-10-12-14-16-18-20-22-23-24-25-26-27-28-30-31-33-35-37-39-41-43-49(53)48(47-58-59(55,56)57-46-45-52(3,4)5)51-50(54)44-42-40-38-36-34-32-29-21-19-17-15-13-11-9-7-2/h17,19,41,43,48-49,53H,6-16,18,20-40,42,44-47H2,1-5H3,(H-,51,54,55,56)/b19-17-,43-41+. The summed E-state index contributed by atoms with van der Waals surface area (Å²) in [5.74, 6) is -0.201. The second-order valence-electron chi connectivity index (χ2n) is 18.5. The SMILES string of the molecule is CCCCCC/C=C\CCCCCCCCCC(=O)NC(COP(=O)([O-])OCC[N+](C)(C)C)C(O)/C=C/CCCCCCCCCCCCCCCCCCCCCC. The van der Waals surface area contributed by atoms with Gasteiger partial charge in [0.1, 0.15) is 13.2 Å². The average molecular weight is 855 g/mol. The third-order valence-corrected chi connectivity index (χ3v) is 12.4. The molecule has 0 aliphatic heterocycles. The van der Waals surface area contributed by atoms with E-state index in [9.17, 15) is 19.4 Å². The van der Waals surface area contributed by atoms with Crippen molar-refractivity contribution >= 4 is 13.7 Å². The van der Waals surface area contributed by atoms with E-state index < -0.39 is 20.0 Å². The van der Waals surface area contributed by atoms with E-state index in [1.165, 1.54) is 180 Å². The summed E-state index contributed by atoms with van der Waals surface area (Å²) < 4.78 is 23.3. The quantitative estimate of drug-likeness (QED) is 0.0273. The van der Waals surface area contributed by atoms with E-state index in [4.69, 9.17) is 9.05 Å². The molecule has 1 amide bonds. The van der Waals surface area contributed by atoms with Gasteiger partial charge in [-0.15, -0.1) is 0 Å². The van der Waals surface area contributed by atoms with Crippen LogP contribution in [-0.4, -0.2) is 68.5 Å². The summed E-state index contributed by atoms with van der Waals surface area (Å²) in [5, 5.41) is 13.8. The van der Waals surface area contributed by atoms with Gasteiger partial charge in [0, 0.05) is 6.42 Å². The molecule has 0 aromatic rings. The number of hydrogen-bond acceptors (Lipinski definition) is 6. The molecule has 8 nitrogen and oxygen atoms in total. The number of phosphoric acid groups is 1. The Balaban J connectivity index is 4.30. The van der Waals surface area contributed by atoms with E-state index in [0.29, 0.717) is 17.4 Å². The maximum atomic E-state index is 12.9. The van der Waals surface area contributed by atoms with Crippen molar-refractivity contribution in [1.29, 1.82) is 0 Å². The zero-order chi connectivity index (χ0) is 43.6. The fraction of sp³-hybridized carbons (Fsp3) is 0.900. The number of allylic oxidation sites excluding steroid dienone is 3. The van der Waals surface area contributed by atoms with Crippen LogP contribution >= 0.6 is 7.82 Å². The third kappa shape index (κ3) is 44.8. The molecule has 0 radical (unpaired) electrons. The van der Waals surface area contributed by atoms with Crippen molar-refractivity contribution in [3.63, 3.8) is 0 Å². The third-order valence-electron chi connectivity index (χ3n) is 11.4. The Kier molecular flexibility index (Phi) is 41.6. The number of unbranched alkanes of at least 4 members (excludes halogenated alkanes) is 31. The first-order valence-electron chi connectivity index (χ1n) is 25.2. The lowest BCUT2D eigenvalue weighted by atomic mass is 10.0. The summed E-state index contributed by atoms with van der Waals surface area (Å²) in [7, 11) is 1.26. The van der Waals surface area contributed by atoms with E-state index in [1.54, 1.807) is 6.08 Å². The lowest BCUT2D eigenvalue weighted by Crippen LogP contribution is -2.45. The molecule has 0 bridgehead atoms. The topological polar surface area (TPSA) is 108 Å². The van der Waals surface area contributed by atoms with Gasteiger partial charge in [0.15, 0.2) is 0 Å². The molecular weight excluding hydrogens is 756 g/mol. The Labute approximate surface area is 366 Å². The summed E-state index contributed by atoms with van der Waals surface area (Å²) in [6.45, 7) is 4.65. The van der Waals surface area contributed by atoms with Crippen LogP contribution in [0, 0.1) is 0 Å². The van der Waals surface area contributed by atoms with Crippen LogP contribution in [0.2, 0.25) is 0 Å². The van der Waals surface area contributed by atoms with Gasteiger partial charge in [-0.3, -0.25) is 9.36 Å². The van der Waals surface area contributed by atoms with Gasteiger partial charge < -0.3 is 28.8 Å². The first kappa shape index (κ1) is 58.0. The van der Waals surface area contributed by atoms with Crippen LogP contribution in [0.15, 0.2) is 24.3 Å². The van der Waals surface area contributed by atoms with E-state index in [0.717, 1.165) is 38.5 Å².